The topological polar surface area (TPSA) is 51.2 Å². The van der Waals surface area contributed by atoms with E-state index in [0.717, 1.165) is 45.3 Å². The Balaban J connectivity index is 1.82. The van der Waals surface area contributed by atoms with Crippen molar-refractivity contribution in [2.75, 3.05) is 6.61 Å². The summed E-state index contributed by atoms with van der Waals surface area (Å²) < 4.78 is 5.84. The quantitative estimate of drug-likeness (QED) is 0.874. The summed E-state index contributed by atoms with van der Waals surface area (Å²) in [6, 6.07) is 4.23. The number of amides is 1. The second-order valence-corrected chi connectivity index (χ2v) is 8.37. The van der Waals surface area contributed by atoms with Crippen molar-refractivity contribution in [3.8, 4) is 5.75 Å². The van der Waals surface area contributed by atoms with E-state index in [1.54, 1.807) is 0 Å². The largest absolute Gasteiger partial charge is 0.493 e. The van der Waals surface area contributed by atoms with E-state index in [4.69, 9.17) is 4.74 Å². The lowest BCUT2D eigenvalue weighted by atomic mass is 9.95. The van der Waals surface area contributed by atoms with Gasteiger partial charge in [-0.25, -0.2) is 4.98 Å². The van der Waals surface area contributed by atoms with Crippen LogP contribution in [0.4, 0.5) is 0 Å². The molecule has 0 fully saturated rings. The van der Waals surface area contributed by atoms with Gasteiger partial charge in [-0.05, 0) is 32.3 Å². The molecule has 4 nitrogen and oxygen atoms in total. The van der Waals surface area contributed by atoms with Crippen LogP contribution in [-0.2, 0) is 6.42 Å². The van der Waals surface area contributed by atoms with Gasteiger partial charge in [0.2, 0.25) is 0 Å². The normalized spacial score (nSPS) is 16.5. The van der Waals surface area contributed by atoms with Crippen molar-refractivity contribution in [2.45, 2.75) is 53.5 Å². The Morgan fingerprint density at radius 1 is 1.36 bits per heavy atom. The summed E-state index contributed by atoms with van der Waals surface area (Å²) in [5.74, 6) is 1.43. The molecule has 1 aliphatic heterocycles. The number of hydrogen-bond donors (Lipinski definition) is 1. The maximum absolute atomic E-state index is 12.8. The third kappa shape index (κ3) is 3.87. The smallest absolute Gasteiger partial charge is 0.263 e. The summed E-state index contributed by atoms with van der Waals surface area (Å²) in [6.45, 7) is 11.0. The highest BCUT2D eigenvalue weighted by atomic mass is 32.1. The average Bonchev–Trinajstić information content (AvgIpc) is 2.87. The second kappa shape index (κ2) is 7.16. The highest BCUT2D eigenvalue weighted by Crippen LogP contribution is 2.36. The molecule has 134 valence electrons. The maximum Gasteiger partial charge on any atom is 0.263 e. The number of hydrogen-bond acceptors (Lipinski definition) is 4. The van der Waals surface area contributed by atoms with Crippen LogP contribution in [-0.4, -0.2) is 17.5 Å². The minimum Gasteiger partial charge on any atom is -0.493 e. The minimum atomic E-state index is -0.0259. The van der Waals surface area contributed by atoms with Crippen LogP contribution < -0.4 is 10.1 Å². The van der Waals surface area contributed by atoms with Crippen molar-refractivity contribution in [3.63, 3.8) is 0 Å². The summed E-state index contributed by atoms with van der Waals surface area (Å²) in [7, 11) is 0. The Morgan fingerprint density at radius 2 is 2.12 bits per heavy atom. The Morgan fingerprint density at radius 3 is 2.84 bits per heavy atom. The standard InChI is InChI=1S/C20H26N2O2S/c1-11(2)8-17-21-14(5)19(25-17)20(23)22-16-6-7-24-18-13(4)9-12(3)10-15(16)18/h9-11,16H,6-8H2,1-5H3,(H,22,23). The molecule has 2 heterocycles. The monoisotopic (exact) mass is 358 g/mol. The first-order valence-electron chi connectivity index (χ1n) is 8.86. The van der Waals surface area contributed by atoms with Gasteiger partial charge in [0, 0.05) is 18.4 Å². The van der Waals surface area contributed by atoms with Gasteiger partial charge in [-0.2, -0.15) is 0 Å². The van der Waals surface area contributed by atoms with E-state index in [9.17, 15) is 4.79 Å². The summed E-state index contributed by atoms with van der Waals surface area (Å²) in [4.78, 5) is 18.1. The van der Waals surface area contributed by atoms with Crippen LogP contribution >= 0.6 is 11.3 Å². The van der Waals surface area contributed by atoms with Gasteiger partial charge in [-0.3, -0.25) is 4.79 Å². The van der Waals surface area contributed by atoms with Gasteiger partial charge in [0.25, 0.3) is 5.91 Å². The minimum absolute atomic E-state index is 0.00935. The molecule has 5 heteroatoms. The van der Waals surface area contributed by atoms with E-state index in [1.807, 2.05) is 6.92 Å². The molecule has 0 saturated carbocycles. The number of carbonyl (C=O) groups is 1. The maximum atomic E-state index is 12.8. The van der Waals surface area contributed by atoms with E-state index in [1.165, 1.54) is 16.9 Å². The van der Waals surface area contributed by atoms with Gasteiger partial charge in [0.1, 0.15) is 10.6 Å². The lowest BCUT2D eigenvalue weighted by molar-refractivity contribution is 0.0928. The summed E-state index contributed by atoms with van der Waals surface area (Å²) in [5, 5.41) is 4.24. The van der Waals surface area contributed by atoms with E-state index < -0.39 is 0 Å². The first-order chi connectivity index (χ1) is 11.8. The number of carbonyl (C=O) groups excluding carboxylic acids is 1. The molecule has 1 unspecified atom stereocenters. The first-order valence-corrected chi connectivity index (χ1v) is 9.68. The van der Waals surface area contributed by atoms with Crippen molar-refractivity contribution >= 4 is 17.2 Å². The number of aromatic nitrogens is 1. The molecule has 0 aliphatic carbocycles. The molecule has 0 radical (unpaired) electrons. The number of nitrogens with one attached hydrogen (secondary N) is 1. The molecule has 2 aromatic rings. The van der Waals surface area contributed by atoms with Gasteiger partial charge in [0.15, 0.2) is 0 Å². The van der Waals surface area contributed by atoms with Crippen LogP contribution in [0.3, 0.4) is 0 Å². The number of aryl methyl sites for hydroxylation is 3. The van der Waals surface area contributed by atoms with Crippen molar-refractivity contribution in [2.24, 2.45) is 5.92 Å². The molecule has 3 rings (SSSR count). The van der Waals surface area contributed by atoms with E-state index in [-0.39, 0.29) is 11.9 Å². The van der Waals surface area contributed by atoms with Crippen LogP contribution in [0.1, 0.15) is 63.4 Å². The Labute approximate surface area is 153 Å². The SMILES string of the molecule is Cc1cc(C)c2c(c1)C(NC(=O)c1sc(CC(C)C)nc1C)CCO2. The van der Waals surface area contributed by atoms with Crippen molar-refractivity contribution in [3.05, 3.63) is 44.4 Å². The lowest BCUT2D eigenvalue weighted by Gasteiger charge is -2.28. The number of rotatable bonds is 4. The van der Waals surface area contributed by atoms with Crippen molar-refractivity contribution in [1.29, 1.82) is 0 Å². The summed E-state index contributed by atoms with van der Waals surface area (Å²) in [6.07, 6.45) is 1.70. The molecule has 1 atom stereocenters. The predicted octanol–water partition coefficient (Wildman–Crippen LogP) is 4.52. The van der Waals surface area contributed by atoms with Crippen LogP contribution in [0.2, 0.25) is 0 Å². The fourth-order valence-electron chi connectivity index (χ4n) is 3.35. The summed E-state index contributed by atoms with van der Waals surface area (Å²) >= 11 is 1.52. The Kier molecular flexibility index (Phi) is 5.13. The van der Waals surface area contributed by atoms with Crippen LogP contribution in [0.15, 0.2) is 12.1 Å². The predicted molar refractivity (Wildman–Crippen MR) is 102 cm³/mol. The molecule has 25 heavy (non-hydrogen) atoms. The molecule has 1 amide bonds. The van der Waals surface area contributed by atoms with E-state index >= 15 is 0 Å². The number of nitrogens with zero attached hydrogens (tertiary/aromatic N) is 1. The number of fused-ring (bicyclic) bond motifs is 1. The Hall–Kier alpha value is -1.88. The molecule has 1 aromatic carbocycles. The molecule has 1 aliphatic rings. The average molecular weight is 359 g/mol. The van der Waals surface area contributed by atoms with Crippen LogP contribution in [0.25, 0.3) is 0 Å². The zero-order valence-electron chi connectivity index (χ0n) is 15.6. The highest BCUT2D eigenvalue weighted by molar-refractivity contribution is 7.13. The molecule has 1 aromatic heterocycles. The third-order valence-corrected chi connectivity index (χ3v) is 5.59. The number of benzene rings is 1. The zero-order chi connectivity index (χ0) is 18.1. The zero-order valence-corrected chi connectivity index (χ0v) is 16.4. The van der Waals surface area contributed by atoms with Gasteiger partial charge in [0.05, 0.1) is 23.4 Å². The van der Waals surface area contributed by atoms with E-state index in [2.05, 4.69) is 50.1 Å². The van der Waals surface area contributed by atoms with Gasteiger partial charge in [-0.15, -0.1) is 11.3 Å². The molecule has 0 spiro atoms. The van der Waals surface area contributed by atoms with Crippen LogP contribution in [0, 0.1) is 26.7 Å². The molecule has 1 N–H and O–H groups in total. The third-order valence-electron chi connectivity index (χ3n) is 4.41. The molecule has 0 bridgehead atoms. The van der Waals surface area contributed by atoms with Crippen LogP contribution in [0.5, 0.6) is 5.75 Å². The van der Waals surface area contributed by atoms with Crippen molar-refractivity contribution in [1.82, 2.24) is 10.3 Å². The summed E-state index contributed by atoms with van der Waals surface area (Å²) in [5.41, 5.74) is 4.23. The molecular weight excluding hydrogens is 332 g/mol. The first kappa shape index (κ1) is 17.9. The van der Waals surface area contributed by atoms with Crippen molar-refractivity contribution < 1.29 is 9.53 Å². The second-order valence-electron chi connectivity index (χ2n) is 7.28. The molecule has 0 saturated heterocycles. The van der Waals surface area contributed by atoms with E-state index in [0.29, 0.717) is 12.5 Å². The fraction of sp³-hybridized carbons (Fsp3) is 0.500. The van der Waals surface area contributed by atoms with Gasteiger partial charge >= 0.3 is 0 Å². The van der Waals surface area contributed by atoms with Gasteiger partial charge in [-0.1, -0.05) is 31.5 Å². The lowest BCUT2D eigenvalue weighted by Crippen LogP contribution is -2.32. The Bertz CT molecular complexity index is 795. The fourth-order valence-corrected chi connectivity index (χ4v) is 4.53. The molecular formula is C20H26N2O2S. The number of ether oxygens (including phenoxy) is 1. The number of thiazole rings is 1. The highest BCUT2D eigenvalue weighted by Gasteiger charge is 2.26. The van der Waals surface area contributed by atoms with Gasteiger partial charge < -0.3 is 10.1 Å².